The first-order valence-electron chi connectivity index (χ1n) is 10.4. The Kier molecular flexibility index (Phi) is 7.02. The molecule has 0 radical (unpaired) electrons. The number of carbonyl (C=O) groups is 2. The largest absolute Gasteiger partial charge is 0.450 e. The lowest BCUT2D eigenvalue weighted by Gasteiger charge is -2.21. The normalized spacial score (nSPS) is 14.6. The molecule has 0 saturated heterocycles. The molecule has 1 aliphatic heterocycles. The Labute approximate surface area is 175 Å². The van der Waals surface area contributed by atoms with Gasteiger partial charge in [-0.1, -0.05) is 20.3 Å². The summed E-state index contributed by atoms with van der Waals surface area (Å²) in [5.41, 5.74) is 0.701. The molecule has 2 N–H and O–H groups in total. The van der Waals surface area contributed by atoms with E-state index in [1.807, 2.05) is 0 Å². The van der Waals surface area contributed by atoms with Crippen LogP contribution < -0.4 is 10.6 Å². The van der Waals surface area contributed by atoms with E-state index in [0.29, 0.717) is 11.4 Å². The van der Waals surface area contributed by atoms with E-state index in [0.717, 1.165) is 38.1 Å². The van der Waals surface area contributed by atoms with Crippen LogP contribution in [0, 0.1) is 11.7 Å². The highest BCUT2D eigenvalue weighted by atomic mass is 19.1. The topological polar surface area (TPSA) is 98.1 Å². The van der Waals surface area contributed by atoms with Gasteiger partial charge in [-0.25, -0.2) is 9.18 Å². The van der Waals surface area contributed by atoms with Crippen molar-refractivity contribution in [3.8, 4) is 11.4 Å². The molecule has 2 heterocycles. The minimum absolute atomic E-state index is 0.0276. The highest BCUT2D eigenvalue weighted by molar-refractivity contribution is 5.97. The van der Waals surface area contributed by atoms with Crippen LogP contribution >= 0.6 is 0 Å². The number of anilines is 1. The molecule has 1 atom stereocenters. The summed E-state index contributed by atoms with van der Waals surface area (Å²) in [7, 11) is 0. The van der Waals surface area contributed by atoms with Gasteiger partial charge in [0.1, 0.15) is 17.7 Å². The summed E-state index contributed by atoms with van der Waals surface area (Å²) in [6, 6.07) is 3.62. The summed E-state index contributed by atoms with van der Waals surface area (Å²) in [6.07, 6.45) is 3.43. The zero-order valence-electron chi connectivity index (χ0n) is 17.6. The molecule has 3 rings (SSSR count). The molecule has 1 unspecified atom stereocenters. The van der Waals surface area contributed by atoms with Crippen LogP contribution in [0.5, 0.6) is 0 Å². The van der Waals surface area contributed by atoms with Gasteiger partial charge in [0.25, 0.3) is 0 Å². The molecular formula is C21H28FN5O3. The number of hydrogen-bond donors (Lipinski definition) is 2. The standard InChI is InChI=1S/C21H28FN5O3/c1-4-30-21(29)24-18(13(2)3)20(28)23-16-12-14(9-10-15(16)22)19-26-25-17-8-6-5-7-11-27(17)19/h9-10,12-13,18H,4-8,11H2,1-3H3,(H,23,28)(H,24,29). The van der Waals surface area contributed by atoms with E-state index < -0.39 is 23.9 Å². The molecule has 8 nitrogen and oxygen atoms in total. The van der Waals surface area contributed by atoms with E-state index in [-0.39, 0.29) is 18.2 Å². The van der Waals surface area contributed by atoms with Crippen molar-refractivity contribution >= 4 is 17.7 Å². The molecule has 9 heteroatoms. The zero-order valence-corrected chi connectivity index (χ0v) is 17.6. The molecule has 0 bridgehead atoms. The fourth-order valence-electron chi connectivity index (χ4n) is 3.50. The number of ether oxygens (including phenoxy) is 1. The van der Waals surface area contributed by atoms with E-state index in [2.05, 4.69) is 25.4 Å². The third kappa shape index (κ3) is 4.95. The Morgan fingerprint density at radius 2 is 2.03 bits per heavy atom. The Bertz CT molecular complexity index is 912. The monoisotopic (exact) mass is 417 g/mol. The van der Waals surface area contributed by atoms with Crippen LogP contribution in [0.25, 0.3) is 11.4 Å². The third-order valence-corrected chi connectivity index (χ3v) is 5.09. The summed E-state index contributed by atoms with van der Waals surface area (Å²) in [4.78, 5) is 24.5. The number of nitrogens with one attached hydrogen (secondary N) is 2. The number of fused-ring (bicyclic) bond motifs is 1. The quantitative estimate of drug-likeness (QED) is 0.749. The van der Waals surface area contributed by atoms with Gasteiger partial charge in [0.15, 0.2) is 5.82 Å². The Hall–Kier alpha value is -2.97. The number of nitrogens with zero attached hydrogens (tertiary/aromatic N) is 3. The smallest absolute Gasteiger partial charge is 0.407 e. The number of amides is 2. The van der Waals surface area contributed by atoms with Crippen LogP contribution in [0.2, 0.25) is 0 Å². The Balaban J connectivity index is 1.82. The maximum atomic E-state index is 14.5. The van der Waals surface area contributed by atoms with Crippen molar-refractivity contribution in [2.75, 3.05) is 11.9 Å². The van der Waals surface area contributed by atoms with Gasteiger partial charge in [0, 0.05) is 18.5 Å². The minimum Gasteiger partial charge on any atom is -0.450 e. The van der Waals surface area contributed by atoms with Gasteiger partial charge >= 0.3 is 6.09 Å². The highest BCUT2D eigenvalue weighted by Crippen LogP contribution is 2.27. The van der Waals surface area contributed by atoms with Crippen LogP contribution in [0.4, 0.5) is 14.9 Å². The number of rotatable bonds is 6. The molecule has 2 aromatic rings. The van der Waals surface area contributed by atoms with Crippen LogP contribution in [-0.4, -0.2) is 39.4 Å². The summed E-state index contributed by atoms with van der Waals surface area (Å²) >= 11 is 0. The fourth-order valence-corrected chi connectivity index (χ4v) is 3.50. The van der Waals surface area contributed by atoms with E-state index >= 15 is 0 Å². The van der Waals surface area contributed by atoms with Gasteiger partial charge in [-0.3, -0.25) is 4.79 Å². The SMILES string of the molecule is CCOC(=O)NC(C(=O)Nc1cc(-c2nnc3n2CCCCC3)ccc1F)C(C)C. The molecule has 0 fully saturated rings. The molecule has 1 aliphatic rings. The second-order valence-electron chi connectivity index (χ2n) is 7.67. The zero-order chi connectivity index (χ0) is 21.7. The van der Waals surface area contributed by atoms with Gasteiger partial charge in [0.05, 0.1) is 12.3 Å². The summed E-state index contributed by atoms with van der Waals surface area (Å²) in [6.45, 7) is 6.26. The highest BCUT2D eigenvalue weighted by Gasteiger charge is 2.26. The average Bonchev–Trinajstić information content (AvgIpc) is 2.96. The van der Waals surface area contributed by atoms with E-state index in [4.69, 9.17) is 4.74 Å². The third-order valence-electron chi connectivity index (χ3n) is 5.09. The van der Waals surface area contributed by atoms with Crippen LogP contribution in [0.15, 0.2) is 18.2 Å². The lowest BCUT2D eigenvalue weighted by atomic mass is 10.0. The van der Waals surface area contributed by atoms with Crippen molar-refractivity contribution in [1.82, 2.24) is 20.1 Å². The molecule has 0 spiro atoms. The molecule has 2 amide bonds. The number of carbonyl (C=O) groups excluding carboxylic acids is 2. The predicted octanol–water partition coefficient (Wildman–Crippen LogP) is 3.52. The van der Waals surface area contributed by atoms with Crippen molar-refractivity contribution in [3.63, 3.8) is 0 Å². The number of halogens is 1. The number of benzene rings is 1. The van der Waals surface area contributed by atoms with Gasteiger partial charge in [-0.05, 0) is 43.9 Å². The van der Waals surface area contributed by atoms with Gasteiger partial charge < -0.3 is 19.9 Å². The van der Waals surface area contributed by atoms with Crippen LogP contribution in [-0.2, 0) is 22.5 Å². The van der Waals surface area contributed by atoms with Crippen LogP contribution in [0.3, 0.4) is 0 Å². The molecule has 0 aliphatic carbocycles. The van der Waals surface area contributed by atoms with Crippen molar-refractivity contribution in [2.24, 2.45) is 5.92 Å². The molecule has 0 saturated carbocycles. The maximum Gasteiger partial charge on any atom is 0.407 e. The lowest BCUT2D eigenvalue weighted by molar-refractivity contribution is -0.119. The fraction of sp³-hybridized carbons (Fsp3) is 0.524. The first-order valence-corrected chi connectivity index (χ1v) is 10.4. The van der Waals surface area contributed by atoms with E-state index in [1.54, 1.807) is 32.9 Å². The summed E-state index contributed by atoms with van der Waals surface area (Å²) in [5, 5.41) is 13.7. The predicted molar refractivity (Wildman–Crippen MR) is 110 cm³/mol. The van der Waals surface area contributed by atoms with E-state index in [9.17, 15) is 14.0 Å². The molecule has 1 aromatic heterocycles. The summed E-state index contributed by atoms with van der Waals surface area (Å²) < 4.78 is 21.4. The van der Waals surface area contributed by atoms with Crippen LogP contribution in [0.1, 0.15) is 45.9 Å². The van der Waals surface area contributed by atoms with E-state index in [1.165, 1.54) is 6.07 Å². The minimum atomic E-state index is -0.864. The first kappa shape index (κ1) is 21.7. The molecule has 162 valence electrons. The Morgan fingerprint density at radius 3 is 2.77 bits per heavy atom. The van der Waals surface area contributed by atoms with Crippen molar-refractivity contribution < 1.29 is 18.7 Å². The first-order chi connectivity index (χ1) is 14.4. The van der Waals surface area contributed by atoms with Gasteiger partial charge in [0.2, 0.25) is 5.91 Å². The summed E-state index contributed by atoms with van der Waals surface area (Å²) in [5.74, 6) is 0.284. The van der Waals surface area contributed by atoms with Crippen molar-refractivity contribution in [1.29, 1.82) is 0 Å². The molecule has 30 heavy (non-hydrogen) atoms. The lowest BCUT2D eigenvalue weighted by Crippen LogP contribution is -2.47. The Morgan fingerprint density at radius 1 is 1.23 bits per heavy atom. The van der Waals surface area contributed by atoms with Crippen molar-refractivity contribution in [2.45, 2.75) is 59.0 Å². The van der Waals surface area contributed by atoms with Gasteiger partial charge in [-0.15, -0.1) is 10.2 Å². The maximum absolute atomic E-state index is 14.5. The number of aryl methyl sites for hydroxylation is 1. The molecule has 1 aromatic carbocycles. The number of alkyl carbamates (subject to hydrolysis) is 1. The van der Waals surface area contributed by atoms with Gasteiger partial charge in [-0.2, -0.15) is 0 Å². The average molecular weight is 417 g/mol. The van der Waals surface area contributed by atoms with Crippen molar-refractivity contribution in [3.05, 3.63) is 29.8 Å². The number of hydrogen-bond acceptors (Lipinski definition) is 5. The number of aromatic nitrogens is 3. The second kappa shape index (κ2) is 9.69. The second-order valence-corrected chi connectivity index (χ2v) is 7.67. The molecular weight excluding hydrogens is 389 g/mol.